The molecule has 1 fully saturated rings. The van der Waals surface area contributed by atoms with Crippen LogP contribution in [0.3, 0.4) is 0 Å². The molecule has 2 unspecified atom stereocenters. The predicted octanol–water partition coefficient (Wildman–Crippen LogP) is 2.96. The molecule has 20 heavy (non-hydrogen) atoms. The maximum Gasteiger partial charge on any atom is 0.410 e. The number of ether oxygens (including phenoxy) is 1. The average molecular weight is 276 g/mol. The van der Waals surface area contributed by atoms with Crippen molar-refractivity contribution in [3.8, 4) is 0 Å². The van der Waals surface area contributed by atoms with Gasteiger partial charge >= 0.3 is 6.09 Å². The molecule has 1 N–H and O–H groups in total. The first-order valence-corrected chi connectivity index (χ1v) is 7.44. The third-order valence-corrected chi connectivity index (χ3v) is 3.65. The standard InChI is InChI=1S/C16H24N2O2/c1-3-4-10-20-16(19)18-12-13(2)17-11-15(18)14-8-6-5-7-9-14/h5-9,13,15,17H,3-4,10-12H2,1-2H3. The first kappa shape index (κ1) is 14.9. The van der Waals surface area contributed by atoms with Crippen LogP contribution in [0, 0.1) is 0 Å². The van der Waals surface area contributed by atoms with Crippen molar-refractivity contribution in [1.29, 1.82) is 0 Å². The summed E-state index contributed by atoms with van der Waals surface area (Å²) in [5.41, 5.74) is 1.15. The van der Waals surface area contributed by atoms with Crippen LogP contribution in [0.1, 0.15) is 38.3 Å². The molecule has 1 amide bonds. The number of hydrogen-bond acceptors (Lipinski definition) is 3. The lowest BCUT2D eigenvalue weighted by Gasteiger charge is -2.38. The van der Waals surface area contributed by atoms with Crippen LogP contribution in [0.2, 0.25) is 0 Å². The first-order chi connectivity index (χ1) is 9.72. The Morgan fingerprint density at radius 3 is 2.85 bits per heavy atom. The summed E-state index contributed by atoms with van der Waals surface area (Å²) in [6.07, 6.45) is 1.76. The largest absolute Gasteiger partial charge is 0.449 e. The van der Waals surface area contributed by atoms with Gasteiger partial charge < -0.3 is 10.1 Å². The molecule has 1 heterocycles. The Morgan fingerprint density at radius 2 is 2.15 bits per heavy atom. The number of piperazine rings is 1. The molecular weight excluding hydrogens is 252 g/mol. The van der Waals surface area contributed by atoms with Crippen molar-refractivity contribution in [2.75, 3.05) is 19.7 Å². The van der Waals surface area contributed by atoms with Crippen LogP contribution in [-0.2, 0) is 4.74 Å². The third kappa shape index (κ3) is 3.73. The maximum absolute atomic E-state index is 12.3. The molecule has 0 saturated carbocycles. The first-order valence-electron chi connectivity index (χ1n) is 7.44. The topological polar surface area (TPSA) is 41.6 Å². The van der Waals surface area contributed by atoms with Gasteiger partial charge in [-0.05, 0) is 18.9 Å². The van der Waals surface area contributed by atoms with Crippen LogP contribution in [0.5, 0.6) is 0 Å². The fourth-order valence-corrected chi connectivity index (χ4v) is 2.47. The van der Waals surface area contributed by atoms with E-state index in [1.807, 2.05) is 23.1 Å². The van der Waals surface area contributed by atoms with Crippen LogP contribution < -0.4 is 5.32 Å². The van der Waals surface area contributed by atoms with Gasteiger partial charge in [0.1, 0.15) is 0 Å². The fraction of sp³-hybridized carbons (Fsp3) is 0.562. The quantitative estimate of drug-likeness (QED) is 0.860. The smallest absolute Gasteiger partial charge is 0.410 e. The Kier molecular flexibility index (Phi) is 5.41. The third-order valence-electron chi connectivity index (χ3n) is 3.65. The number of hydrogen-bond donors (Lipinski definition) is 1. The number of unbranched alkanes of at least 4 members (excludes halogenated alkanes) is 1. The maximum atomic E-state index is 12.3. The molecule has 0 radical (unpaired) electrons. The van der Waals surface area contributed by atoms with Crippen molar-refractivity contribution in [1.82, 2.24) is 10.2 Å². The van der Waals surface area contributed by atoms with Crippen molar-refractivity contribution in [3.63, 3.8) is 0 Å². The zero-order chi connectivity index (χ0) is 14.4. The second kappa shape index (κ2) is 7.29. The average Bonchev–Trinajstić information content (AvgIpc) is 2.48. The molecule has 110 valence electrons. The lowest BCUT2D eigenvalue weighted by Crippen LogP contribution is -2.53. The summed E-state index contributed by atoms with van der Waals surface area (Å²) < 4.78 is 5.38. The highest BCUT2D eigenvalue weighted by molar-refractivity contribution is 5.68. The summed E-state index contributed by atoms with van der Waals surface area (Å²) in [6, 6.07) is 10.5. The van der Waals surface area contributed by atoms with Crippen molar-refractivity contribution >= 4 is 6.09 Å². The Hall–Kier alpha value is -1.55. The molecule has 0 spiro atoms. The molecule has 1 aromatic carbocycles. The minimum Gasteiger partial charge on any atom is -0.449 e. The van der Waals surface area contributed by atoms with E-state index in [4.69, 9.17) is 4.74 Å². The van der Waals surface area contributed by atoms with Gasteiger partial charge in [0.15, 0.2) is 0 Å². The number of carbonyl (C=O) groups excluding carboxylic acids is 1. The Labute approximate surface area is 121 Å². The number of benzene rings is 1. The van der Waals surface area contributed by atoms with Crippen molar-refractivity contribution in [2.24, 2.45) is 0 Å². The Balaban J connectivity index is 2.06. The second-order valence-electron chi connectivity index (χ2n) is 5.36. The summed E-state index contributed by atoms with van der Waals surface area (Å²) >= 11 is 0. The highest BCUT2D eigenvalue weighted by atomic mass is 16.6. The molecular formula is C16H24N2O2. The van der Waals surface area contributed by atoms with Gasteiger partial charge in [0, 0.05) is 19.1 Å². The molecule has 0 aromatic heterocycles. The molecule has 2 rings (SSSR count). The normalized spacial score (nSPS) is 22.6. The Morgan fingerprint density at radius 1 is 1.40 bits per heavy atom. The summed E-state index contributed by atoms with van der Waals surface area (Å²) in [4.78, 5) is 14.1. The van der Waals surface area contributed by atoms with E-state index in [-0.39, 0.29) is 12.1 Å². The van der Waals surface area contributed by atoms with Crippen LogP contribution in [-0.4, -0.2) is 36.7 Å². The molecule has 4 heteroatoms. The van der Waals surface area contributed by atoms with Gasteiger partial charge in [-0.3, -0.25) is 4.90 Å². The zero-order valence-corrected chi connectivity index (χ0v) is 12.3. The van der Waals surface area contributed by atoms with Crippen LogP contribution in [0.4, 0.5) is 4.79 Å². The summed E-state index contributed by atoms with van der Waals surface area (Å²) in [7, 11) is 0. The number of carbonyl (C=O) groups is 1. The summed E-state index contributed by atoms with van der Waals surface area (Å²) in [6.45, 7) is 6.15. The van der Waals surface area contributed by atoms with E-state index in [2.05, 4.69) is 31.3 Å². The van der Waals surface area contributed by atoms with Crippen molar-refractivity contribution < 1.29 is 9.53 Å². The SMILES string of the molecule is CCCCOC(=O)N1CC(C)NCC1c1ccccc1. The lowest BCUT2D eigenvalue weighted by atomic mass is 10.0. The Bertz CT molecular complexity index is 422. The molecule has 1 saturated heterocycles. The molecule has 0 aliphatic carbocycles. The van der Waals surface area contributed by atoms with E-state index in [1.165, 1.54) is 0 Å². The van der Waals surface area contributed by atoms with Crippen LogP contribution in [0.15, 0.2) is 30.3 Å². The van der Waals surface area contributed by atoms with Crippen LogP contribution in [0.25, 0.3) is 0 Å². The van der Waals surface area contributed by atoms with Crippen molar-refractivity contribution in [2.45, 2.75) is 38.8 Å². The summed E-state index contributed by atoms with van der Waals surface area (Å²) in [5, 5.41) is 3.43. The molecule has 0 bridgehead atoms. The minimum atomic E-state index is -0.194. The number of rotatable bonds is 4. The van der Waals surface area contributed by atoms with E-state index in [0.717, 1.165) is 24.9 Å². The van der Waals surface area contributed by atoms with Gasteiger partial charge in [-0.15, -0.1) is 0 Å². The van der Waals surface area contributed by atoms with Gasteiger partial charge in [-0.2, -0.15) is 0 Å². The zero-order valence-electron chi connectivity index (χ0n) is 12.3. The summed E-state index contributed by atoms with van der Waals surface area (Å²) in [5.74, 6) is 0. The number of amides is 1. The number of nitrogens with one attached hydrogen (secondary N) is 1. The molecule has 1 aromatic rings. The van der Waals surface area contributed by atoms with Crippen molar-refractivity contribution in [3.05, 3.63) is 35.9 Å². The second-order valence-corrected chi connectivity index (χ2v) is 5.36. The highest BCUT2D eigenvalue weighted by Gasteiger charge is 2.31. The number of nitrogens with zero attached hydrogens (tertiary/aromatic N) is 1. The fourth-order valence-electron chi connectivity index (χ4n) is 2.47. The van der Waals surface area contributed by atoms with Crippen LogP contribution >= 0.6 is 0 Å². The molecule has 2 atom stereocenters. The van der Waals surface area contributed by atoms with Gasteiger partial charge in [0.25, 0.3) is 0 Å². The van der Waals surface area contributed by atoms with Gasteiger partial charge in [0.2, 0.25) is 0 Å². The van der Waals surface area contributed by atoms with E-state index in [9.17, 15) is 4.79 Å². The molecule has 1 aliphatic heterocycles. The highest BCUT2D eigenvalue weighted by Crippen LogP contribution is 2.24. The minimum absolute atomic E-state index is 0.0570. The van der Waals surface area contributed by atoms with E-state index in [1.54, 1.807) is 0 Å². The lowest BCUT2D eigenvalue weighted by molar-refractivity contribution is 0.0683. The van der Waals surface area contributed by atoms with E-state index < -0.39 is 0 Å². The van der Waals surface area contributed by atoms with E-state index in [0.29, 0.717) is 19.2 Å². The monoisotopic (exact) mass is 276 g/mol. The molecule has 1 aliphatic rings. The van der Waals surface area contributed by atoms with Gasteiger partial charge in [0.05, 0.1) is 12.6 Å². The molecule has 4 nitrogen and oxygen atoms in total. The van der Waals surface area contributed by atoms with E-state index >= 15 is 0 Å². The predicted molar refractivity (Wildman–Crippen MR) is 79.6 cm³/mol. The van der Waals surface area contributed by atoms with Gasteiger partial charge in [-0.1, -0.05) is 43.7 Å². The van der Waals surface area contributed by atoms with Gasteiger partial charge in [-0.25, -0.2) is 4.79 Å².